The molecule has 0 saturated carbocycles. The van der Waals surface area contributed by atoms with E-state index >= 15 is 0 Å². The first-order chi connectivity index (χ1) is 12.0. The zero-order chi connectivity index (χ0) is 18.5. The van der Waals surface area contributed by atoms with Crippen molar-refractivity contribution >= 4 is 10.2 Å². The fourth-order valence-electron chi connectivity index (χ4n) is 3.40. The zero-order valence-electron chi connectivity index (χ0n) is 17.1. The van der Waals surface area contributed by atoms with Gasteiger partial charge in [-0.15, -0.1) is 0 Å². The monoisotopic (exact) mass is 359 g/mol. The van der Waals surface area contributed by atoms with Crippen molar-refractivity contribution in [3.63, 3.8) is 0 Å². The molecule has 0 saturated heterocycles. The molecule has 0 spiro atoms. The Hall–Kier alpha value is -0.763. The van der Waals surface area contributed by atoms with Crippen LogP contribution >= 0.6 is 0 Å². The third-order valence-corrected chi connectivity index (χ3v) is 5.56. The highest BCUT2D eigenvalue weighted by Gasteiger charge is 2.23. The summed E-state index contributed by atoms with van der Waals surface area (Å²) < 4.78 is 5.98. The minimum absolute atomic E-state index is 0.226. The maximum absolute atomic E-state index is 5.98. The van der Waals surface area contributed by atoms with E-state index in [2.05, 4.69) is 62.2 Å². The molecule has 0 heterocycles. The molecule has 1 aromatic carbocycles. The first-order valence-electron chi connectivity index (χ1n) is 10.4. The maximum atomic E-state index is 5.98. The first kappa shape index (κ1) is 22.3. The molecule has 0 aromatic heterocycles. The van der Waals surface area contributed by atoms with E-state index in [9.17, 15) is 0 Å². The lowest BCUT2D eigenvalue weighted by Gasteiger charge is -2.31. The van der Waals surface area contributed by atoms with Crippen LogP contribution in [0.2, 0.25) is 5.04 Å². The molecule has 1 atom stereocenters. The second-order valence-corrected chi connectivity index (χ2v) is 9.26. The summed E-state index contributed by atoms with van der Waals surface area (Å²) in [7, 11) is 3.99. The van der Waals surface area contributed by atoms with Crippen LogP contribution in [0.4, 0.5) is 0 Å². The smallest absolute Gasteiger partial charge is 0.122 e. The Bertz CT molecular complexity index is 450. The van der Waals surface area contributed by atoms with E-state index in [4.69, 9.17) is 4.74 Å². The predicted octanol–water partition coefficient (Wildman–Crippen LogP) is 7.14. The summed E-state index contributed by atoms with van der Waals surface area (Å²) in [4.78, 5) is 0. The van der Waals surface area contributed by atoms with Gasteiger partial charge < -0.3 is 4.74 Å². The number of aryl methyl sites for hydroxylation is 1. The molecule has 0 fully saturated rings. The SMILES string of the molecule is CCCCCCC(CCCc1ccccc1OCCCC)C(C)(C)[Si]. The van der Waals surface area contributed by atoms with Gasteiger partial charge in [-0.2, -0.15) is 0 Å². The molecule has 0 aliphatic rings. The number of unbranched alkanes of at least 4 members (excludes halogenated alkanes) is 4. The molecule has 1 aromatic rings. The summed E-state index contributed by atoms with van der Waals surface area (Å²) in [6.07, 6.45) is 12.7. The maximum Gasteiger partial charge on any atom is 0.122 e. The molecule has 1 rings (SSSR count). The van der Waals surface area contributed by atoms with E-state index in [1.54, 1.807) is 0 Å². The lowest BCUT2D eigenvalue weighted by Crippen LogP contribution is -2.18. The molecule has 0 N–H and O–H groups in total. The molecule has 141 valence electrons. The molecular weight excluding hydrogens is 320 g/mol. The van der Waals surface area contributed by atoms with Gasteiger partial charge in [0.15, 0.2) is 0 Å². The Morgan fingerprint density at radius 1 is 0.920 bits per heavy atom. The third kappa shape index (κ3) is 9.49. The van der Waals surface area contributed by atoms with Crippen molar-refractivity contribution < 1.29 is 4.74 Å². The van der Waals surface area contributed by atoms with Crippen LogP contribution in [0, 0.1) is 5.92 Å². The quantitative estimate of drug-likeness (QED) is 0.253. The van der Waals surface area contributed by atoms with E-state index in [-0.39, 0.29) is 5.04 Å². The topological polar surface area (TPSA) is 9.23 Å². The third-order valence-electron chi connectivity index (χ3n) is 5.15. The highest BCUT2D eigenvalue weighted by molar-refractivity contribution is 6.14. The molecule has 2 heteroatoms. The van der Waals surface area contributed by atoms with Crippen molar-refractivity contribution in [1.29, 1.82) is 0 Å². The van der Waals surface area contributed by atoms with Crippen molar-refractivity contribution in [3.05, 3.63) is 29.8 Å². The summed E-state index contributed by atoms with van der Waals surface area (Å²) in [6, 6.07) is 8.58. The van der Waals surface area contributed by atoms with Gasteiger partial charge in [-0.1, -0.05) is 84.4 Å². The van der Waals surface area contributed by atoms with Gasteiger partial charge in [0.2, 0.25) is 0 Å². The van der Waals surface area contributed by atoms with Gasteiger partial charge in [-0.05, 0) is 48.3 Å². The Kier molecular flexibility index (Phi) is 11.2. The highest BCUT2D eigenvalue weighted by Crippen LogP contribution is 2.38. The normalized spacial score (nSPS) is 13.0. The number of hydrogen-bond acceptors (Lipinski definition) is 1. The van der Waals surface area contributed by atoms with E-state index in [0.717, 1.165) is 31.1 Å². The van der Waals surface area contributed by atoms with Gasteiger partial charge in [0.05, 0.1) is 6.61 Å². The van der Waals surface area contributed by atoms with Gasteiger partial charge in [-0.3, -0.25) is 0 Å². The van der Waals surface area contributed by atoms with Crippen LogP contribution in [-0.4, -0.2) is 16.8 Å². The van der Waals surface area contributed by atoms with Crippen molar-refractivity contribution in [1.82, 2.24) is 0 Å². The van der Waals surface area contributed by atoms with E-state index in [0.29, 0.717) is 0 Å². The number of ether oxygens (including phenoxy) is 1. The van der Waals surface area contributed by atoms with Crippen molar-refractivity contribution in [3.8, 4) is 5.75 Å². The predicted molar refractivity (Wildman–Crippen MR) is 112 cm³/mol. The number of benzene rings is 1. The van der Waals surface area contributed by atoms with Crippen LogP contribution in [0.3, 0.4) is 0 Å². The van der Waals surface area contributed by atoms with Crippen LogP contribution in [0.25, 0.3) is 0 Å². The molecule has 0 aliphatic heterocycles. The summed E-state index contributed by atoms with van der Waals surface area (Å²) in [5.41, 5.74) is 1.37. The van der Waals surface area contributed by atoms with E-state index in [1.807, 2.05) is 0 Å². The number of para-hydroxylation sites is 1. The Balaban J connectivity index is 2.49. The van der Waals surface area contributed by atoms with Gasteiger partial charge in [0.25, 0.3) is 0 Å². The zero-order valence-corrected chi connectivity index (χ0v) is 18.1. The van der Waals surface area contributed by atoms with Crippen molar-refractivity contribution in [2.45, 2.75) is 96.9 Å². The average molecular weight is 360 g/mol. The van der Waals surface area contributed by atoms with Gasteiger partial charge >= 0.3 is 0 Å². The second kappa shape index (κ2) is 12.6. The molecule has 0 amide bonds. The van der Waals surface area contributed by atoms with Gasteiger partial charge in [0, 0.05) is 10.2 Å². The van der Waals surface area contributed by atoms with Crippen molar-refractivity contribution in [2.24, 2.45) is 5.92 Å². The van der Waals surface area contributed by atoms with Crippen LogP contribution in [0.1, 0.15) is 91.0 Å². The summed E-state index contributed by atoms with van der Waals surface area (Å²) in [6.45, 7) is 9.98. The molecule has 1 nitrogen and oxygen atoms in total. The van der Waals surface area contributed by atoms with Crippen LogP contribution < -0.4 is 4.74 Å². The van der Waals surface area contributed by atoms with Crippen LogP contribution in [0.5, 0.6) is 5.75 Å². The Morgan fingerprint density at radius 3 is 2.28 bits per heavy atom. The molecular formula is C23H39OSi. The fraction of sp³-hybridized carbons (Fsp3) is 0.739. The molecule has 3 radical (unpaired) electrons. The lowest BCUT2D eigenvalue weighted by atomic mass is 9.84. The average Bonchev–Trinajstić information content (AvgIpc) is 2.57. The Labute approximate surface area is 160 Å². The Morgan fingerprint density at radius 2 is 1.60 bits per heavy atom. The number of rotatable bonds is 14. The van der Waals surface area contributed by atoms with Crippen LogP contribution in [0.15, 0.2) is 24.3 Å². The van der Waals surface area contributed by atoms with Gasteiger partial charge in [-0.25, -0.2) is 0 Å². The molecule has 0 bridgehead atoms. The minimum Gasteiger partial charge on any atom is -0.493 e. The highest BCUT2D eigenvalue weighted by atomic mass is 28.1. The first-order valence-corrected chi connectivity index (χ1v) is 10.9. The minimum atomic E-state index is 0.226. The molecule has 1 unspecified atom stereocenters. The van der Waals surface area contributed by atoms with E-state index < -0.39 is 0 Å². The lowest BCUT2D eigenvalue weighted by molar-refractivity contribution is 0.304. The molecule has 25 heavy (non-hydrogen) atoms. The fourth-order valence-corrected chi connectivity index (χ4v) is 3.69. The molecule has 0 aliphatic carbocycles. The summed E-state index contributed by atoms with van der Waals surface area (Å²) in [5, 5.41) is 0.226. The summed E-state index contributed by atoms with van der Waals surface area (Å²) >= 11 is 0. The van der Waals surface area contributed by atoms with E-state index in [1.165, 1.54) is 56.9 Å². The van der Waals surface area contributed by atoms with Crippen LogP contribution in [-0.2, 0) is 6.42 Å². The number of hydrogen-bond donors (Lipinski definition) is 0. The van der Waals surface area contributed by atoms with Crippen molar-refractivity contribution in [2.75, 3.05) is 6.61 Å². The van der Waals surface area contributed by atoms with Gasteiger partial charge in [0.1, 0.15) is 5.75 Å². The summed E-state index contributed by atoms with van der Waals surface area (Å²) in [5.74, 6) is 1.84. The largest absolute Gasteiger partial charge is 0.493 e. The second-order valence-electron chi connectivity index (χ2n) is 7.97. The standard InChI is InChI=1S/C23H39OSi/c1-5-7-9-10-16-21(23(3,4)25)17-13-15-20-14-11-12-18-22(20)24-19-8-6-2/h11-12,14,18,21H,5-10,13,15-17,19H2,1-4H3.